The molecule has 0 aromatic heterocycles. The molecule has 1 saturated heterocycles. The summed E-state index contributed by atoms with van der Waals surface area (Å²) in [4.78, 5) is 42.1. The molecular formula is C16H29N4O9S-. The van der Waals surface area contributed by atoms with E-state index in [1.807, 2.05) is 0 Å². The molecule has 1 fully saturated rings. The molecule has 0 spiro atoms. The monoisotopic (exact) mass is 453 g/mol. The third-order valence-electron chi connectivity index (χ3n) is 4.03. The van der Waals surface area contributed by atoms with Gasteiger partial charge in [0.2, 0.25) is 16.3 Å². The molecular weight excluding hydrogens is 424 g/mol. The summed E-state index contributed by atoms with van der Waals surface area (Å²) in [6.45, 7) is 6.48. The maximum absolute atomic E-state index is 12.4. The summed E-state index contributed by atoms with van der Waals surface area (Å²) in [7, 11) is -3.68. The highest BCUT2D eigenvalue weighted by atomic mass is 32.3. The number of ether oxygens (including phenoxy) is 1. The maximum atomic E-state index is 12.4. The summed E-state index contributed by atoms with van der Waals surface area (Å²) in [6.07, 6.45) is -0.124. The van der Waals surface area contributed by atoms with E-state index in [0.29, 0.717) is 6.42 Å². The Bertz CT molecular complexity index is 723. The normalized spacial score (nSPS) is 20.0. The summed E-state index contributed by atoms with van der Waals surface area (Å²) >= 11 is 0. The largest absolute Gasteiger partial charge is 0.724 e. The molecule has 0 saturated carbocycles. The summed E-state index contributed by atoms with van der Waals surface area (Å²) in [5.74, 6) is -0.981. The second-order valence-electron chi connectivity index (χ2n) is 7.69. The number of amides is 3. The number of carbonyl (C=O) groups is 3. The van der Waals surface area contributed by atoms with Crippen LogP contribution in [0.3, 0.4) is 0 Å². The number of likely N-dealkylation sites (N-methyl/N-ethyl adjacent to an activating group) is 1. The van der Waals surface area contributed by atoms with Gasteiger partial charge in [0, 0.05) is 27.1 Å². The molecule has 174 valence electrons. The Morgan fingerprint density at radius 1 is 1.23 bits per heavy atom. The molecule has 2 atom stereocenters. The van der Waals surface area contributed by atoms with E-state index >= 15 is 0 Å². The van der Waals surface area contributed by atoms with Gasteiger partial charge in [-0.2, -0.15) is 9.35 Å². The molecule has 0 radical (unpaired) electrons. The van der Waals surface area contributed by atoms with Crippen molar-refractivity contribution in [2.24, 2.45) is 0 Å². The average molecular weight is 453 g/mol. The zero-order valence-electron chi connectivity index (χ0n) is 17.7. The van der Waals surface area contributed by atoms with Crippen molar-refractivity contribution in [1.29, 1.82) is 0 Å². The van der Waals surface area contributed by atoms with Crippen LogP contribution in [0.4, 0.5) is 4.79 Å². The molecule has 1 aliphatic rings. The van der Waals surface area contributed by atoms with Crippen molar-refractivity contribution in [2.75, 3.05) is 26.7 Å². The molecule has 1 heterocycles. The molecule has 0 unspecified atom stereocenters. The predicted octanol–water partition coefficient (Wildman–Crippen LogP) is -0.738. The van der Waals surface area contributed by atoms with E-state index in [9.17, 15) is 27.4 Å². The molecule has 13 nitrogen and oxygen atoms in total. The smallest absolute Gasteiger partial charge is 0.407 e. The first kappa shape index (κ1) is 26.0. The summed E-state index contributed by atoms with van der Waals surface area (Å²) in [5.41, 5.74) is 1.59. The lowest BCUT2D eigenvalue weighted by Crippen LogP contribution is -2.57. The van der Waals surface area contributed by atoms with Crippen molar-refractivity contribution >= 4 is 28.3 Å². The Morgan fingerprint density at radius 3 is 2.40 bits per heavy atom. The van der Waals surface area contributed by atoms with Crippen LogP contribution in [-0.2, 0) is 33.8 Å². The number of hydroxylamine groups is 3. The Kier molecular flexibility index (Phi) is 9.42. The number of hydrogen-bond acceptors (Lipinski definition) is 10. The van der Waals surface area contributed by atoms with E-state index in [0.717, 1.165) is 5.06 Å². The van der Waals surface area contributed by atoms with Gasteiger partial charge in [0.05, 0.1) is 12.6 Å². The van der Waals surface area contributed by atoms with Crippen molar-refractivity contribution in [1.82, 2.24) is 20.8 Å². The van der Waals surface area contributed by atoms with E-state index < -0.39 is 46.0 Å². The van der Waals surface area contributed by atoms with Crippen LogP contribution in [-0.4, -0.2) is 85.3 Å². The van der Waals surface area contributed by atoms with Crippen molar-refractivity contribution < 1.29 is 41.2 Å². The van der Waals surface area contributed by atoms with E-state index in [1.165, 1.54) is 18.9 Å². The topological polar surface area (TPSA) is 167 Å². The number of alkyl carbamates (subject to hydrolysis) is 1. The molecule has 0 aromatic carbocycles. The second kappa shape index (κ2) is 10.9. The number of rotatable bonds is 8. The summed E-state index contributed by atoms with van der Waals surface area (Å²) in [5, 5.41) is 3.33. The van der Waals surface area contributed by atoms with Crippen LogP contribution in [0.25, 0.3) is 0 Å². The Balaban J connectivity index is 2.48. The van der Waals surface area contributed by atoms with Crippen LogP contribution in [0, 0.1) is 0 Å². The highest BCUT2D eigenvalue weighted by Crippen LogP contribution is 2.22. The first-order valence-electron chi connectivity index (χ1n) is 9.23. The van der Waals surface area contributed by atoms with Crippen LogP contribution in [0.5, 0.6) is 0 Å². The van der Waals surface area contributed by atoms with Gasteiger partial charge in [-0.3, -0.25) is 14.4 Å². The molecule has 0 aromatic rings. The highest BCUT2D eigenvalue weighted by Gasteiger charge is 2.37. The van der Waals surface area contributed by atoms with Gasteiger partial charge in [-0.1, -0.05) is 0 Å². The molecule has 1 aliphatic heterocycles. The van der Waals surface area contributed by atoms with Crippen LogP contribution < -0.4 is 10.8 Å². The Labute approximate surface area is 175 Å². The molecule has 3 amide bonds. The predicted molar refractivity (Wildman–Crippen MR) is 101 cm³/mol. The second-order valence-corrected chi connectivity index (χ2v) is 8.66. The molecule has 2 N–H and O–H groups in total. The maximum Gasteiger partial charge on any atom is 0.407 e. The van der Waals surface area contributed by atoms with E-state index in [4.69, 9.17) is 9.57 Å². The number of nitrogens with zero attached hydrogens (tertiary/aromatic N) is 2. The first-order chi connectivity index (χ1) is 13.7. The van der Waals surface area contributed by atoms with Gasteiger partial charge in [0.1, 0.15) is 11.6 Å². The zero-order chi connectivity index (χ0) is 23.1. The highest BCUT2D eigenvalue weighted by molar-refractivity contribution is 7.80. The number of piperidine rings is 1. The lowest BCUT2D eigenvalue weighted by atomic mass is 9.97. The molecule has 1 rings (SSSR count). The minimum atomic E-state index is -4.94. The first-order valence-corrected chi connectivity index (χ1v) is 10.6. The third kappa shape index (κ3) is 9.67. The van der Waals surface area contributed by atoms with E-state index in [1.54, 1.807) is 20.8 Å². The van der Waals surface area contributed by atoms with Crippen molar-refractivity contribution in [3.63, 3.8) is 0 Å². The zero-order valence-corrected chi connectivity index (χ0v) is 18.5. The molecule has 0 bridgehead atoms. The van der Waals surface area contributed by atoms with E-state index in [-0.39, 0.29) is 26.1 Å². The van der Waals surface area contributed by atoms with Crippen LogP contribution in [0.2, 0.25) is 0 Å². The number of nitrogens with one attached hydrogen (secondary N) is 2. The SMILES string of the molecule is CC(=O)N1C[C@H](N(C)OS(=O)(=O)[O-])CC[C@H]1C(=O)NOCCNC(=O)OC(C)(C)C. The van der Waals surface area contributed by atoms with Gasteiger partial charge in [-0.05, 0) is 33.6 Å². The fourth-order valence-corrected chi connectivity index (χ4v) is 3.19. The number of carbonyl (C=O) groups excluding carboxylic acids is 3. The standard InChI is InChI=1S/C16H30N4O9S/c1-11(21)20-10-12(19(5)29-30(24,25)26)6-7-13(20)14(22)18-27-9-8-17-15(23)28-16(2,3)4/h12-13H,6-10H2,1-5H3,(H,17,23)(H,18,22)(H,24,25,26)/p-1/t12-,13+/m1/s1. The fraction of sp³-hybridized carbons (Fsp3) is 0.812. The van der Waals surface area contributed by atoms with Crippen LogP contribution in [0.15, 0.2) is 0 Å². The van der Waals surface area contributed by atoms with Gasteiger partial charge in [0.15, 0.2) is 0 Å². The quantitative estimate of drug-likeness (QED) is 0.207. The molecule has 0 aliphatic carbocycles. The molecule has 14 heteroatoms. The minimum Gasteiger partial charge on any atom is -0.724 e. The van der Waals surface area contributed by atoms with Crippen molar-refractivity contribution in [3.8, 4) is 0 Å². The van der Waals surface area contributed by atoms with Gasteiger partial charge < -0.3 is 19.5 Å². The third-order valence-corrected chi connectivity index (χ3v) is 4.45. The van der Waals surface area contributed by atoms with Crippen LogP contribution >= 0.6 is 0 Å². The Hall–Kier alpha value is -2.00. The lowest BCUT2D eigenvalue weighted by molar-refractivity contribution is -0.154. The number of likely N-dealkylation sites (tertiary alicyclic amines) is 1. The summed E-state index contributed by atoms with van der Waals surface area (Å²) < 4.78 is 41.6. The molecule has 30 heavy (non-hydrogen) atoms. The van der Waals surface area contributed by atoms with Crippen molar-refractivity contribution in [3.05, 3.63) is 0 Å². The van der Waals surface area contributed by atoms with E-state index in [2.05, 4.69) is 15.1 Å². The minimum absolute atomic E-state index is 0.0142. The average Bonchev–Trinajstić information content (AvgIpc) is 2.57. The van der Waals surface area contributed by atoms with Crippen molar-refractivity contribution in [2.45, 2.75) is 58.2 Å². The number of hydrogen-bond donors (Lipinski definition) is 2. The van der Waals surface area contributed by atoms with Gasteiger partial charge in [-0.15, -0.1) is 0 Å². The van der Waals surface area contributed by atoms with Gasteiger partial charge in [-0.25, -0.2) is 18.7 Å². The van der Waals surface area contributed by atoms with Gasteiger partial charge in [0.25, 0.3) is 5.91 Å². The summed E-state index contributed by atoms with van der Waals surface area (Å²) in [6, 6.07) is -1.42. The van der Waals surface area contributed by atoms with Crippen LogP contribution in [0.1, 0.15) is 40.5 Å². The lowest BCUT2D eigenvalue weighted by Gasteiger charge is -2.40. The Morgan fingerprint density at radius 2 is 1.87 bits per heavy atom. The van der Waals surface area contributed by atoms with Gasteiger partial charge >= 0.3 is 6.09 Å². The fourth-order valence-electron chi connectivity index (χ4n) is 2.78.